The normalized spacial score (nSPS) is 14.8. The highest BCUT2D eigenvalue weighted by molar-refractivity contribution is 5.07. The standard InChI is InChI=1S/C12H22N2/c1-9(2)10(3)11-7-8-14(13-11)12(4,5)6/h7-10H,1-6H3. The monoisotopic (exact) mass is 194 g/mol. The Kier molecular flexibility index (Phi) is 3.03. The van der Waals surface area contributed by atoms with Gasteiger partial charge in [0.1, 0.15) is 0 Å². The van der Waals surface area contributed by atoms with Gasteiger partial charge in [0.2, 0.25) is 0 Å². The lowest BCUT2D eigenvalue weighted by atomic mass is 9.95. The zero-order valence-electron chi connectivity index (χ0n) is 10.2. The van der Waals surface area contributed by atoms with Gasteiger partial charge in [-0.2, -0.15) is 5.10 Å². The quantitative estimate of drug-likeness (QED) is 0.705. The molecular weight excluding hydrogens is 172 g/mol. The van der Waals surface area contributed by atoms with Crippen molar-refractivity contribution in [3.05, 3.63) is 18.0 Å². The van der Waals surface area contributed by atoms with Crippen LogP contribution in [-0.4, -0.2) is 9.78 Å². The molecule has 0 saturated heterocycles. The molecule has 1 aromatic rings. The van der Waals surface area contributed by atoms with E-state index in [2.05, 4.69) is 58.9 Å². The van der Waals surface area contributed by atoms with Crippen LogP contribution in [0.2, 0.25) is 0 Å². The van der Waals surface area contributed by atoms with Gasteiger partial charge < -0.3 is 0 Å². The first kappa shape index (κ1) is 11.3. The topological polar surface area (TPSA) is 17.8 Å². The van der Waals surface area contributed by atoms with E-state index in [1.54, 1.807) is 0 Å². The van der Waals surface area contributed by atoms with E-state index in [-0.39, 0.29) is 5.54 Å². The van der Waals surface area contributed by atoms with E-state index in [0.717, 1.165) is 0 Å². The highest BCUT2D eigenvalue weighted by Crippen LogP contribution is 2.23. The zero-order valence-corrected chi connectivity index (χ0v) is 10.2. The Labute approximate surface area is 87.3 Å². The Bertz CT molecular complexity index is 292. The fourth-order valence-electron chi connectivity index (χ4n) is 1.30. The molecule has 0 radical (unpaired) electrons. The molecule has 0 saturated carbocycles. The maximum Gasteiger partial charge on any atom is 0.0655 e. The Hall–Kier alpha value is -0.790. The van der Waals surface area contributed by atoms with Gasteiger partial charge in [0, 0.05) is 12.1 Å². The smallest absolute Gasteiger partial charge is 0.0655 e. The third kappa shape index (κ3) is 2.37. The summed E-state index contributed by atoms with van der Waals surface area (Å²) in [5.74, 6) is 1.19. The molecule has 0 spiro atoms. The van der Waals surface area contributed by atoms with E-state index < -0.39 is 0 Å². The summed E-state index contributed by atoms with van der Waals surface area (Å²) in [6.07, 6.45) is 2.08. The molecule has 2 nitrogen and oxygen atoms in total. The third-order valence-corrected chi connectivity index (χ3v) is 2.76. The minimum Gasteiger partial charge on any atom is -0.267 e. The molecule has 0 aliphatic rings. The number of hydrogen-bond donors (Lipinski definition) is 0. The van der Waals surface area contributed by atoms with Crippen molar-refractivity contribution in [1.82, 2.24) is 9.78 Å². The summed E-state index contributed by atoms with van der Waals surface area (Å²) in [6.45, 7) is 13.2. The number of rotatable bonds is 2. The predicted molar refractivity (Wildman–Crippen MR) is 60.5 cm³/mol. The molecule has 0 N–H and O–H groups in total. The van der Waals surface area contributed by atoms with Crippen molar-refractivity contribution >= 4 is 0 Å². The lowest BCUT2D eigenvalue weighted by Gasteiger charge is -2.19. The zero-order chi connectivity index (χ0) is 10.9. The molecule has 1 atom stereocenters. The summed E-state index contributed by atoms with van der Waals surface area (Å²) < 4.78 is 2.04. The van der Waals surface area contributed by atoms with E-state index in [0.29, 0.717) is 11.8 Å². The summed E-state index contributed by atoms with van der Waals surface area (Å²) in [6, 6.07) is 2.13. The molecule has 1 heterocycles. The SMILES string of the molecule is CC(C)C(C)c1ccn(C(C)(C)C)n1. The van der Waals surface area contributed by atoms with Crippen LogP contribution in [0.1, 0.15) is 53.2 Å². The summed E-state index contributed by atoms with van der Waals surface area (Å²) in [4.78, 5) is 0. The summed E-state index contributed by atoms with van der Waals surface area (Å²) in [5.41, 5.74) is 1.30. The van der Waals surface area contributed by atoms with Gasteiger partial charge in [0.15, 0.2) is 0 Å². The molecule has 0 fully saturated rings. The molecule has 2 heteroatoms. The Morgan fingerprint density at radius 2 is 1.79 bits per heavy atom. The molecule has 80 valence electrons. The number of nitrogens with zero attached hydrogens (tertiary/aromatic N) is 2. The Balaban J connectivity index is 2.89. The van der Waals surface area contributed by atoms with E-state index in [1.807, 2.05) is 4.68 Å². The molecule has 14 heavy (non-hydrogen) atoms. The van der Waals surface area contributed by atoms with Crippen LogP contribution in [0.4, 0.5) is 0 Å². The lowest BCUT2D eigenvalue weighted by Crippen LogP contribution is -2.22. The van der Waals surface area contributed by atoms with Crippen molar-refractivity contribution in [3.8, 4) is 0 Å². The second-order valence-electron chi connectivity index (χ2n) is 5.39. The molecule has 0 bridgehead atoms. The number of aromatic nitrogens is 2. The van der Waals surface area contributed by atoms with Crippen molar-refractivity contribution in [2.24, 2.45) is 5.92 Å². The summed E-state index contributed by atoms with van der Waals surface area (Å²) >= 11 is 0. The van der Waals surface area contributed by atoms with Gasteiger partial charge >= 0.3 is 0 Å². The van der Waals surface area contributed by atoms with Crippen LogP contribution < -0.4 is 0 Å². The van der Waals surface area contributed by atoms with Crippen LogP contribution in [0, 0.1) is 5.92 Å². The molecule has 1 aromatic heterocycles. The van der Waals surface area contributed by atoms with Crippen LogP contribution in [0.15, 0.2) is 12.3 Å². The van der Waals surface area contributed by atoms with Gasteiger partial charge in [0.25, 0.3) is 0 Å². The van der Waals surface area contributed by atoms with Crippen LogP contribution in [0.5, 0.6) is 0 Å². The van der Waals surface area contributed by atoms with Crippen LogP contribution in [0.25, 0.3) is 0 Å². The first-order valence-corrected chi connectivity index (χ1v) is 5.38. The largest absolute Gasteiger partial charge is 0.267 e. The van der Waals surface area contributed by atoms with Crippen molar-refractivity contribution in [3.63, 3.8) is 0 Å². The summed E-state index contributed by atoms with van der Waals surface area (Å²) in [7, 11) is 0. The fraction of sp³-hybridized carbons (Fsp3) is 0.750. The van der Waals surface area contributed by atoms with Crippen molar-refractivity contribution in [1.29, 1.82) is 0 Å². The van der Waals surface area contributed by atoms with Gasteiger partial charge in [0.05, 0.1) is 11.2 Å². The van der Waals surface area contributed by atoms with Gasteiger partial charge in [-0.05, 0) is 32.8 Å². The molecule has 0 aromatic carbocycles. The lowest BCUT2D eigenvalue weighted by molar-refractivity contribution is 0.349. The Morgan fingerprint density at radius 3 is 2.14 bits per heavy atom. The van der Waals surface area contributed by atoms with Crippen LogP contribution >= 0.6 is 0 Å². The first-order valence-electron chi connectivity index (χ1n) is 5.38. The van der Waals surface area contributed by atoms with Gasteiger partial charge in [-0.1, -0.05) is 20.8 Å². The fourth-order valence-corrected chi connectivity index (χ4v) is 1.30. The van der Waals surface area contributed by atoms with Gasteiger partial charge in [-0.25, -0.2) is 0 Å². The Morgan fingerprint density at radius 1 is 1.21 bits per heavy atom. The molecule has 1 rings (SSSR count). The van der Waals surface area contributed by atoms with Crippen LogP contribution in [0.3, 0.4) is 0 Å². The van der Waals surface area contributed by atoms with E-state index >= 15 is 0 Å². The van der Waals surface area contributed by atoms with E-state index in [9.17, 15) is 0 Å². The highest BCUT2D eigenvalue weighted by atomic mass is 15.3. The first-order chi connectivity index (χ1) is 6.32. The summed E-state index contributed by atoms with van der Waals surface area (Å²) in [5, 5.41) is 4.62. The van der Waals surface area contributed by atoms with Crippen molar-refractivity contribution in [2.75, 3.05) is 0 Å². The third-order valence-electron chi connectivity index (χ3n) is 2.76. The predicted octanol–water partition coefficient (Wildman–Crippen LogP) is 3.40. The molecule has 0 aliphatic heterocycles. The maximum atomic E-state index is 4.62. The van der Waals surface area contributed by atoms with E-state index in [4.69, 9.17) is 0 Å². The van der Waals surface area contributed by atoms with E-state index in [1.165, 1.54) is 5.69 Å². The van der Waals surface area contributed by atoms with Crippen molar-refractivity contribution < 1.29 is 0 Å². The van der Waals surface area contributed by atoms with Crippen LogP contribution in [-0.2, 0) is 5.54 Å². The minimum atomic E-state index is 0.0922. The molecule has 1 unspecified atom stereocenters. The average molecular weight is 194 g/mol. The van der Waals surface area contributed by atoms with Crippen molar-refractivity contribution in [2.45, 2.75) is 53.0 Å². The number of hydrogen-bond acceptors (Lipinski definition) is 1. The minimum absolute atomic E-state index is 0.0922. The van der Waals surface area contributed by atoms with Gasteiger partial charge in [-0.15, -0.1) is 0 Å². The highest BCUT2D eigenvalue weighted by Gasteiger charge is 2.17. The maximum absolute atomic E-state index is 4.62. The second-order valence-corrected chi connectivity index (χ2v) is 5.39. The second kappa shape index (κ2) is 3.76. The average Bonchev–Trinajstić information content (AvgIpc) is 2.49. The van der Waals surface area contributed by atoms with Gasteiger partial charge in [-0.3, -0.25) is 4.68 Å². The molecule has 0 amide bonds. The molecular formula is C12H22N2. The molecule has 0 aliphatic carbocycles.